The molecule has 0 radical (unpaired) electrons. The topological polar surface area (TPSA) is 23.6 Å². The van der Waals surface area contributed by atoms with Crippen molar-refractivity contribution in [3.63, 3.8) is 0 Å². The molecule has 2 aliphatic heterocycles. The van der Waals surface area contributed by atoms with Crippen molar-refractivity contribution in [3.05, 3.63) is 22.4 Å². The Bertz CT molecular complexity index is 527. The van der Waals surface area contributed by atoms with Crippen molar-refractivity contribution in [1.29, 1.82) is 0 Å². The van der Waals surface area contributed by atoms with Gasteiger partial charge in [-0.05, 0) is 73.4 Å². The molecule has 23 heavy (non-hydrogen) atoms. The van der Waals surface area contributed by atoms with E-state index in [4.69, 9.17) is 0 Å². The van der Waals surface area contributed by atoms with Crippen LogP contribution in [0.1, 0.15) is 63.0 Å². The summed E-state index contributed by atoms with van der Waals surface area (Å²) < 4.78 is 0. The van der Waals surface area contributed by atoms with Gasteiger partial charge in [-0.25, -0.2) is 0 Å². The van der Waals surface area contributed by atoms with Crippen molar-refractivity contribution in [3.8, 4) is 0 Å². The fourth-order valence-corrected chi connectivity index (χ4v) is 5.76. The van der Waals surface area contributed by atoms with Gasteiger partial charge >= 0.3 is 0 Å². The van der Waals surface area contributed by atoms with Gasteiger partial charge in [-0.3, -0.25) is 9.69 Å². The molecular weight excluding hydrogens is 304 g/mol. The highest BCUT2D eigenvalue weighted by Crippen LogP contribution is 2.36. The molecule has 3 heterocycles. The number of rotatable bonds is 3. The lowest BCUT2D eigenvalue weighted by Gasteiger charge is -2.44. The minimum Gasteiger partial charge on any atom is -0.338 e. The van der Waals surface area contributed by atoms with Gasteiger partial charge in [0.05, 0.1) is 6.54 Å². The third-order valence-corrected chi connectivity index (χ3v) is 6.89. The maximum Gasteiger partial charge on any atom is 0.237 e. The average molecular weight is 333 g/mol. The summed E-state index contributed by atoms with van der Waals surface area (Å²) in [5.74, 6) is 1.18. The highest BCUT2D eigenvalue weighted by molar-refractivity contribution is 7.07. The van der Waals surface area contributed by atoms with Crippen LogP contribution in [0.15, 0.2) is 16.8 Å². The normalized spacial score (nSPS) is 32.0. The van der Waals surface area contributed by atoms with Crippen LogP contribution in [0.4, 0.5) is 0 Å². The fraction of sp³-hybridized carbons (Fsp3) is 0.737. The smallest absolute Gasteiger partial charge is 0.237 e. The zero-order valence-electron chi connectivity index (χ0n) is 14.0. The molecule has 1 aromatic rings. The zero-order valence-corrected chi connectivity index (χ0v) is 14.8. The van der Waals surface area contributed by atoms with E-state index in [2.05, 4.69) is 26.6 Å². The highest BCUT2D eigenvalue weighted by atomic mass is 32.1. The minimum absolute atomic E-state index is 0.392. The Hall–Kier alpha value is -0.870. The van der Waals surface area contributed by atoms with E-state index in [1.165, 1.54) is 56.9 Å². The van der Waals surface area contributed by atoms with E-state index in [-0.39, 0.29) is 0 Å². The van der Waals surface area contributed by atoms with E-state index in [1.54, 1.807) is 11.3 Å². The van der Waals surface area contributed by atoms with Gasteiger partial charge in [0.15, 0.2) is 0 Å². The molecule has 0 aromatic carbocycles. The van der Waals surface area contributed by atoms with Gasteiger partial charge < -0.3 is 4.90 Å². The number of piperidine rings is 1. The third kappa shape index (κ3) is 3.20. The van der Waals surface area contributed by atoms with Crippen LogP contribution in [0.5, 0.6) is 0 Å². The Morgan fingerprint density at radius 2 is 1.91 bits per heavy atom. The lowest BCUT2D eigenvalue weighted by atomic mass is 9.78. The molecule has 4 heteroatoms. The summed E-state index contributed by atoms with van der Waals surface area (Å²) in [4.78, 5) is 17.7. The molecule has 3 atom stereocenters. The van der Waals surface area contributed by atoms with E-state index in [9.17, 15) is 4.79 Å². The number of likely N-dealkylation sites (tertiary alicyclic amines) is 2. The Labute approximate surface area is 143 Å². The summed E-state index contributed by atoms with van der Waals surface area (Å²) in [5.41, 5.74) is 1.41. The molecule has 2 saturated heterocycles. The molecule has 1 aliphatic carbocycles. The van der Waals surface area contributed by atoms with Gasteiger partial charge in [0.2, 0.25) is 5.91 Å². The van der Waals surface area contributed by atoms with Crippen LogP contribution in [0.25, 0.3) is 0 Å². The van der Waals surface area contributed by atoms with Gasteiger partial charge in [-0.2, -0.15) is 11.3 Å². The predicted octanol–water partition coefficient (Wildman–Crippen LogP) is 4.07. The Balaban J connectivity index is 1.42. The number of fused-ring (bicyclic) bond motifs is 1. The van der Waals surface area contributed by atoms with Crippen molar-refractivity contribution in [2.75, 3.05) is 19.6 Å². The maximum atomic E-state index is 13.0. The summed E-state index contributed by atoms with van der Waals surface area (Å²) in [6, 6.07) is 3.25. The molecule has 1 amide bonds. The lowest BCUT2D eigenvalue weighted by Crippen LogP contribution is -2.52. The fourth-order valence-electron chi connectivity index (χ4n) is 5.06. The van der Waals surface area contributed by atoms with Crippen molar-refractivity contribution in [2.45, 2.75) is 63.5 Å². The number of amides is 1. The van der Waals surface area contributed by atoms with Crippen LogP contribution < -0.4 is 0 Å². The first kappa shape index (κ1) is 15.6. The summed E-state index contributed by atoms with van der Waals surface area (Å²) in [5, 5.41) is 4.41. The first-order valence-corrected chi connectivity index (χ1v) is 10.3. The Morgan fingerprint density at radius 3 is 2.78 bits per heavy atom. The van der Waals surface area contributed by atoms with Crippen molar-refractivity contribution < 1.29 is 4.79 Å². The molecule has 126 valence electrons. The van der Waals surface area contributed by atoms with Crippen LogP contribution >= 0.6 is 11.3 Å². The first-order chi connectivity index (χ1) is 11.3. The molecule has 1 saturated carbocycles. The third-order valence-electron chi connectivity index (χ3n) is 6.19. The first-order valence-electron chi connectivity index (χ1n) is 9.38. The van der Waals surface area contributed by atoms with Crippen LogP contribution in [-0.2, 0) is 4.79 Å². The quantitative estimate of drug-likeness (QED) is 0.833. The van der Waals surface area contributed by atoms with Gasteiger partial charge in [-0.15, -0.1) is 0 Å². The number of thiophene rings is 1. The molecule has 3 aliphatic rings. The lowest BCUT2D eigenvalue weighted by molar-refractivity contribution is -0.139. The second-order valence-corrected chi connectivity index (χ2v) is 8.31. The van der Waals surface area contributed by atoms with Crippen LogP contribution in [0, 0.1) is 5.92 Å². The van der Waals surface area contributed by atoms with Gasteiger partial charge in [-0.1, -0.05) is 12.8 Å². The second-order valence-electron chi connectivity index (χ2n) is 7.53. The molecule has 4 rings (SSSR count). The molecule has 0 unspecified atom stereocenters. The highest BCUT2D eigenvalue weighted by Gasteiger charge is 2.37. The molecule has 0 N–H and O–H groups in total. The van der Waals surface area contributed by atoms with Gasteiger partial charge in [0.25, 0.3) is 0 Å². The summed E-state index contributed by atoms with van der Waals surface area (Å²) in [7, 11) is 0. The van der Waals surface area contributed by atoms with Gasteiger partial charge in [0, 0.05) is 18.6 Å². The van der Waals surface area contributed by atoms with Crippen LogP contribution in [-0.4, -0.2) is 41.4 Å². The predicted molar refractivity (Wildman–Crippen MR) is 94.6 cm³/mol. The van der Waals surface area contributed by atoms with Crippen molar-refractivity contribution >= 4 is 17.2 Å². The summed E-state index contributed by atoms with van der Waals surface area (Å²) >= 11 is 1.77. The Kier molecular flexibility index (Phi) is 4.72. The number of hydrogen-bond acceptors (Lipinski definition) is 3. The second kappa shape index (κ2) is 6.94. The maximum absolute atomic E-state index is 13.0. The van der Waals surface area contributed by atoms with Crippen molar-refractivity contribution in [1.82, 2.24) is 9.80 Å². The van der Waals surface area contributed by atoms with E-state index < -0.39 is 0 Å². The molecule has 3 fully saturated rings. The van der Waals surface area contributed by atoms with E-state index in [0.717, 1.165) is 19.0 Å². The summed E-state index contributed by atoms with van der Waals surface area (Å²) in [6.45, 7) is 2.70. The minimum atomic E-state index is 0.392. The number of carbonyl (C=O) groups is 1. The van der Waals surface area contributed by atoms with Gasteiger partial charge in [0.1, 0.15) is 0 Å². The molecule has 0 spiro atoms. The molecule has 0 bridgehead atoms. The summed E-state index contributed by atoms with van der Waals surface area (Å²) in [6.07, 6.45) is 10.2. The number of carbonyl (C=O) groups excluding carboxylic acids is 1. The van der Waals surface area contributed by atoms with Crippen molar-refractivity contribution in [2.24, 2.45) is 5.92 Å². The standard InChI is InChI=1S/C19H28N2OS/c22-19(21-11-3-6-15-5-1-2-7-18(15)21)13-20-10-4-8-17(20)16-9-12-23-14-16/h9,12,14-15,17-18H,1-8,10-11,13H2/t15-,17-,18+/m1/s1. The largest absolute Gasteiger partial charge is 0.338 e. The number of hydrogen-bond donors (Lipinski definition) is 0. The van der Waals surface area contributed by atoms with E-state index >= 15 is 0 Å². The average Bonchev–Trinajstić information content (AvgIpc) is 3.25. The SMILES string of the molecule is O=C(CN1CCC[C@@H]1c1ccsc1)N1CCC[C@H]2CCCC[C@@H]21. The van der Waals surface area contributed by atoms with E-state index in [1.807, 2.05) is 0 Å². The van der Waals surface area contributed by atoms with E-state index in [0.29, 0.717) is 24.5 Å². The van der Waals surface area contributed by atoms with Crippen LogP contribution in [0.3, 0.4) is 0 Å². The Morgan fingerprint density at radius 1 is 1.09 bits per heavy atom. The molecular formula is C19H28N2OS. The molecule has 1 aromatic heterocycles. The monoisotopic (exact) mass is 332 g/mol. The molecule has 3 nitrogen and oxygen atoms in total. The zero-order chi connectivity index (χ0) is 15.6. The van der Waals surface area contributed by atoms with Crippen LogP contribution in [0.2, 0.25) is 0 Å². The number of nitrogens with zero attached hydrogens (tertiary/aromatic N) is 2.